The summed E-state index contributed by atoms with van der Waals surface area (Å²) >= 11 is 0. The third kappa shape index (κ3) is 4.84. The number of aldehydes is 1. The van der Waals surface area contributed by atoms with Crippen molar-refractivity contribution in [3.8, 4) is 5.75 Å². The minimum absolute atomic E-state index is 0.0718. The van der Waals surface area contributed by atoms with Crippen molar-refractivity contribution < 1.29 is 18.7 Å². The number of hydrogen-bond acceptors (Lipinski definition) is 5. The molecule has 1 N–H and O–H groups in total. The molecule has 3 rings (SSSR count). The molecule has 143 valence electrons. The first kappa shape index (κ1) is 19.3. The Balaban J connectivity index is 1.83. The molecule has 0 aromatic heterocycles. The first-order valence-electron chi connectivity index (χ1n) is 8.93. The number of carbonyl (C=O) groups is 1. The van der Waals surface area contributed by atoms with Gasteiger partial charge in [0, 0.05) is 37.0 Å². The fourth-order valence-corrected chi connectivity index (χ4v) is 3.16. The largest absolute Gasteiger partial charge is 0.497 e. The smallest absolute Gasteiger partial charge is 0.153 e. The Hall–Kier alpha value is -2.44. The van der Waals surface area contributed by atoms with Crippen LogP contribution in [0.2, 0.25) is 0 Å². The van der Waals surface area contributed by atoms with E-state index in [1.807, 2.05) is 24.3 Å². The molecule has 0 bridgehead atoms. The third-order valence-corrected chi connectivity index (χ3v) is 4.60. The highest BCUT2D eigenvalue weighted by Gasteiger charge is 2.19. The lowest BCUT2D eigenvalue weighted by Gasteiger charge is -2.27. The van der Waals surface area contributed by atoms with Crippen molar-refractivity contribution in [3.63, 3.8) is 0 Å². The molecule has 1 fully saturated rings. The van der Waals surface area contributed by atoms with Gasteiger partial charge in [-0.05, 0) is 36.8 Å². The standard InChI is InChI=1S/C21H24FN2O3/c1-15(23-18-4-3-5-19(12-18)26-2)20-11-16(10-17(14-25)21(20)22)13-24-6-8-27-9-7-24/h3-5,10-12,14,23H,6-9,13H2,1-2H3. The minimum Gasteiger partial charge on any atom is -0.497 e. The van der Waals surface area contributed by atoms with Gasteiger partial charge < -0.3 is 14.8 Å². The molecule has 0 unspecified atom stereocenters. The molecule has 5 nitrogen and oxygen atoms in total. The number of hydrogen-bond donors (Lipinski definition) is 1. The van der Waals surface area contributed by atoms with Crippen molar-refractivity contribution in [2.45, 2.75) is 13.5 Å². The number of nitrogens with one attached hydrogen (secondary N) is 1. The summed E-state index contributed by atoms with van der Waals surface area (Å²) in [7, 11) is 1.60. The lowest BCUT2D eigenvalue weighted by Crippen LogP contribution is -2.35. The van der Waals surface area contributed by atoms with E-state index in [0.717, 1.165) is 24.3 Å². The van der Waals surface area contributed by atoms with Gasteiger partial charge in [0.1, 0.15) is 11.6 Å². The van der Waals surface area contributed by atoms with E-state index < -0.39 is 5.82 Å². The van der Waals surface area contributed by atoms with Crippen LogP contribution < -0.4 is 10.1 Å². The normalized spacial score (nSPS) is 15.0. The van der Waals surface area contributed by atoms with Crippen LogP contribution in [-0.2, 0) is 11.3 Å². The number of halogens is 1. The zero-order chi connectivity index (χ0) is 19.2. The van der Waals surface area contributed by atoms with Gasteiger partial charge in [0.2, 0.25) is 0 Å². The molecule has 0 aliphatic carbocycles. The molecule has 1 radical (unpaired) electrons. The van der Waals surface area contributed by atoms with Crippen molar-refractivity contribution in [2.24, 2.45) is 0 Å². The summed E-state index contributed by atoms with van der Waals surface area (Å²) in [6.07, 6.45) is 0.570. The zero-order valence-electron chi connectivity index (χ0n) is 15.6. The van der Waals surface area contributed by atoms with Gasteiger partial charge in [0.05, 0.1) is 31.9 Å². The fraction of sp³-hybridized carbons (Fsp3) is 0.333. The van der Waals surface area contributed by atoms with Crippen molar-refractivity contribution >= 4 is 12.0 Å². The van der Waals surface area contributed by atoms with E-state index in [1.54, 1.807) is 26.2 Å². The molecule has 2 aromatic carbocycles. The number of morpholine rings is 1. The van der Waals surface area contributed by atoms with Crippen LogP contribution in [0.1, 0.15) is 28.4 Å². The highest BCUT2D eigenvalue weighted by atomic mass is 19.1. The molecule has 2 aromatic rings. The molecule has 0 amide bonds. The summed E-state index contributed by atoms with van der Waals surface area (Å²) in [6.45, 7) is 5.49. The maximum absolute atomic E-state index is 14.8. The second kappa shape index (κ2) is 8.97. The number of benzene rings is 2. The van der Waals surface area contributed by atoms with E-state index in [-0.39, 0.29) is 5.56 Å². The average Bonchev–Trinajstić information content (AvgIpc) is 2.70. The quantitative estimate of drug-likeness (QED) is 0.755. The van der Waals surface area contributed by atoms with Crippen LogP contribution in [0, 0.1) is 11.9 Å². The summed E-state index contributed by atoms with van der Waals surface area (Å²) in [5.41, 5.74) is 2.16. The average molecular weight is 371 g/mol. The van der Waals surface area contributed by atoms with Crippen molar-refractivity contribution in [1.82, 2.24) is 4.90 Å². The van der Waals surface area contributed by atoms with Gasteiger partial charge in [-0.3, -0.25) is 9.69 Å². The summed E-state index contributed by atoms with van der Waals surface area (Å²) in [4.78, 5) is 13.6. The maximum Gasteiger partial charge on any atom is 0.153 e. The Morgan fingerprint density at radius 1 is 1.30 bits per heavy atom. The SMILES string of the molecule is COc1cccc(N[C](C)c2cc(CN3CCOCC3)cc(C=O)c2F)c1. The molecule has 1 aliphatic heterocycles. The minimum atomic E-state index is -0.511. The number of anilines is 1. The lowest BCUT2D eigenvalue weighted by molar-refractivity contribution is 0.0341. The molecule has 1 saturated heterocycles. The molecule has 0 saturated carbocycles. The van der Waals surface area contributed by atoms with Crippen LogP contribution in [0.15, 0.2) is 36.4 Å². The Bertz CT molecular complexity index is 791. The summed E-state index contributed by atoms with van der Waals surface area (Å²) < 4.78 is 25.4. The lowest BCUT2D eigenvalue weighted by atomic mass is 9.99. The first-order chi connectivity index (χ1) is 13.1. The van der Waals surface area contributed by atoms with Crippen LogP contribution in [0.3, 0.4) is 0 Å². The molecule has 1 heterocycles. The van der Waals surface area contributed by atoms with E-state index in [4.69, 9.17) is 9.47 Å². The summed E-state index contributed by atoms with van der Waals surface area (Å²) in [6, 6.07) is 11.5. The molecule has 1 aliphatic rings. The van der Waals surface area contributed by atoms with Crippen LogP contribution in [0.4, 0.5) is 10.1 Å². The van der Waals surface area contributed by atoms with Gasteiger partial charge in [0.15, 0.2) is 6.29 Å². The number of methoxy groups -OCH3 is 1. The van der Waals surface area contributed by atoms with E-state index in [9.17, 15) is 9.18 Å². The molecule has 27 heavy (non-hydrogen) atoms. The highest BCUT2D eigenvalue weighted by Crippen LogP contribution is 2.26. The Kier molecular flexibility index (Phi) is 6.42. The van der Waals surface area contributed by atoms with Crippen LogP contribution >= 0.6 is 0 Å². The molecule has 6 heteroatoms. The number of rotatable bonds is 7. The number of ether oxygens (including phenoxy) is 2. The second-order valence-corrected chi connectivity index (χ2v) is 6.53. The first-order valence-corrected chi connectivity index (χ1v) is 8.93. The summed E-state index contributed by atoms with van der Waals surface area (Å²) in [5, 5.41) is 3.20. The van der Waals surface area contributed by atoms with Gasteiger partial charge in [-0.1, -0.05) is 6.07 Å². The van der Waals surface area contributed by atoms with Crippen LogP contribution in [0.5, 0.6) is 5.75 Å². The maximum atomic E-state index is 14.8. The van der Waals surface area contributed by atoms with E-state index in [2.05, 4.69) is 10.2 Å². The summed E-state index contributed by atoms with van der Waals surface area (Å²) in [5.74, 6) is 0.201. The Labute approximate surface area is 159 Å². The highest BCUT2D eigenvalue weighted by molar-refractivity contribution is 5.76. The van der Waals surface area contributed by atoms with Crippen molar-refractivity contribution in [2.75, 3.05) is 38.7 Å². The van der Waals surface area contributed by atoms with Gasteiger partial charge in [-0.25, -0.2) is 4.39 Å². The van der Waals surface area contributed by atoms with Crippen molar-refractivity contribution in [1.29, 1.82) is 0 Å². The van der Waals surface area contributed by atoms with Gasteiger partial charge in [-0.2, -0.15) is 0 Å². The van der Waals surface area contributed by atoms with Gasteiger partial charge in [-0.15, -0.1) is 0 Å². The monoisotopic (exact) mass is 371 g/mol. The number of nitrogens with zero attached hydrogens (tertiary/aromatic N) is 1. The second-order valence-electron chi connectivity index (χ2n) is 6.53. The van der Waals surface area contributed by atoms with Crippen molar-refractivity contribution in [3.05, 3.63) is 64.9 Å². The van der Waals surface area contributed by atoms with E-state index >= 15 is 0 Å². The molecular weight excluding hydrogens is 347 g/mol. The van der Waals surface area contributed by atoms with Gasteiger partial charge >= 0.3 is 0 Å². The Morgan fingerprint density at radius 3 is 2.78 bits per heavy atom. The van der Waals surface area contributed by atoms with E-state index in [1.165, 1.54) is 0 Å². The third-order valence-electron chi connectivity index (χ3n) is 4.60. The Morgan fingerprint density at radius 2 is 2.07 bits per heavy atom. The molecule has 0 spiro atoms. The predicted molar refractivity (Wildman–Crippen MR) is 103 cm³/mol. The van der Waals surface area contributed by atoms with E-state index in [0.29, 0.717) is 43.4 Å². The predicted octanol–water partition coefficient (Wildman–Crippen LogP) is 3.49. The van der Waals surface area contributed by atoms with Gasteiger partial charge in [0.25, 0.3) is 0 Å². The topological polar surface area (TPSA) is 50.8 Å². The molecular formula is C21H24FN2O3. The zero-order valence-corrected chi connectivity index (χ0v) is 15.6. The fourth-order valence-electron chi connectivity index (χ4n) is 3.16. The van der Waals surface area contributed by atoms with Crippen LogP contribution in [-0.4, -0.2) is 44.6 Å². The van der Waals surface area contributed by atoms with Crippen LogP contribution in [0.25, 0.3) is 0 Å². The molecule has 0 atom stereocenters. The number of carbonyl (C=O) groups excluding carboxylic acids is 1.